The molecule has 0 saturated carbocycles. The van der Waals surface area contributed by atoms with Crippen molar-refractivity contribution in [1.82, 2.24) is 4.98 Å². The molecular formula is C23H14NO. The molecule has 0 aliphatic heterocycles. The Bertz CT molecular complexity index is 1080. The molecule has 5 rings (SSSR count). The van der Waals surface area contributed by atoms with E-state index < -0.39 is 0 Å². The molecule has 2 heterocycles. The molecule has 0 atom stereocenters. The minimum Gasteiger partial charge on any atom is -0.456 e. The first kappa shape index (κ1) is 14.0. The van der Waals surface area contributed by atoms with Gasteiger partial charge in [-0.3, -0.25) is 4.98 Å². The third-order valence-electron chi connectivity index (χ3n) is 4.53. The smallest absolute Gasteiger partial charge is 0.135 e. The summed E-state index contributed by atoms with van der Waals surface area (Å²) in [5.41, 5.74) is 6.50. The first-order valence-electron chi connectivity index (χ1n) is 8.22. The molecule has 0 N–H and O–H groups in total. The summed E-state index contributed by atoms with van der Waals surface area (Å²) in [4.78, 5) is 4.10. The summed E-state index contributed by atoms with van der Waals surface area (Å²) in [6.07, 6.45) is 3.63. The van der Waals surface area contributed by atoms with Gasteiger partial charge in [-0.1, -0.05) is 36.4 Å². The molecule has 0 spiro atoms. The van der Waals surface area contributed by atoms with E-state index in [9.17, 15) is 0 Å². The van der Waals surface area contributed by atoms with Gasteiger partial charge in [0, 0.05) is 23.2 Å². The average molecular weight is 320 g/mol. The third-order valence-corrected chi connectivity index (χ3v) is 4.53. The van der Waals surface area contributed by atoms with E-state index in [1.54, 1.807) is 0 Å². The van der Waals surface area contributed by atoms with Crippen LogP contribution in [0.1, 0.15) is 0 Å². The van der Waals surface area contributed by atoms with Gasteiger partial charge in [0.25, 0.3) is 0 Å². The highest BCUT2D eigenvalue weighted by atomic mass is 16.3. The standard InChI is InChI=1S/C23H14NO/c1-2-4-16(5-3-1)18-6-8-22-20(14-18)21-15-19(7-9-23(21)25-22)17-10-12-24-13-11-17/h2-15H. The highest BCUT2D eigenvalue weighted by molar-refractivity contribution is 6.07. The average Bonchev–Trinajstić information content (AvgIpc) is 3.06. The van der Waals surface area contributed by atoms with Crippen molar-refractivity contribution in [3.63, 3.8) is 0 Å². The topological polar surface area (TPSA) is 26.0 Å². The largest absolute Gasteiger partial charge is 0.456 e. The number of benzene rings is 3. The summed E-state index contributed by atoms with van der Waals surface area (Å²) in [5.74, 6) is 0. The number of nitrogens with zero attached hydrogens (tertiary/aromatic N) is 1. The fourth-order valence-corrected chi connectivity index (χ4v) is 3.26. The van der Waals surface area contributed by atoms with E-state index in [1.807, 2.05) is 48.8 Å². The van der Waals surface area contributed by atoms with E-state index in [2.05, 4.69) is 47.4 Å². The number of aromatic nitrogens is 1. The van der Waals surface area contributed by atoms with E-state index in [4.69, 9.17) is 4.42 Å². The van der Waals surface area contributed by atoms with Crippen LogP contribution < -0.4 is 0 Å². The van der Waals surface area contributed by atoms with Crippen LogP contribution in [0, 0.1) is 6.07 Å². The van der Waals surface area contributed by atoms with Gasteiger partial charge in [-0.25, -0.2) is 0 Å². The summed E-state index contributed by atoms with van der Waals surface area (Å²) in [6.45, 7) is 0. The lowest BCUT2D eigenvalue weighted by Gasteiger charge is -2.02. The van der Waals surface area contributed by atoms with E-state index in [0.717, 1.165) is 33.1 Å². The highest BCUT2D eigenvalue weighted by Crippen LogP contribution is 2.34. The third kappa shape index (κ3) is 2.39. The molecule has 0 aliphatic carbocycles. The lowest BCUT2D eigenvalue weighted by molar-refractivity contribution is 0.669. The van der Waals surface area contributed by atoms with Gasteiger partial charge in [0.15, 0.2) is 0 Å². The molecule has 0 unspecified atom stereocenters. The molecule has 0 saturated heterocycles. The zero-order valence-corrected chi connectivity index (χ0v) is 13.4. The molecule has 1 radical (unpaired) electrons. The molecule has 0 aliphatic rings. The summed E-state index contributed by atoms with van der Waals surface area (Å²) in [5, 5.41) is 2.27. The first-order valence-corrected chi connectivity index (χ1v) is 8.22. The molecule has 0 amide bonds. The van der Waals surface area contributed by atoms with Gasteiger partial charge in [0.1, 0.15) is 11.2 Å². The van der Waals surface area contributed by atoms with Crippen LogP contribution in [0.3, 0.4) is 0 Å². The van der Waals surface area contributed by atoms with Crippen molar-refractivity contribution in [2.45, 2.75) is 0 Å². The fraction of sp³-hybridized carbons (Fsp3) is 0. The summed E-state index contributed by atoms with van der Waals surface area (Å²) in [6, 6.07) is 27.8. The Kier molecular flexibility index (Phi) is 3.14. The van der Waals surface area contributed by atoms with Crippen LogP contribution in [0.2, 0.25) is 0 Å². The van der Waals surface area contributed by atoms with Gasteiger partial charge < -0.3 is 4.42 Å². The molecule has 3 aromatic carbocycles. The van der Waals surface area contributed by atoms with Crippen molar-refractivity contribution in [2.24, 2.45) is 0 Å². The van der Waals surface area contributed by atoms with Crippen LogP contribution in [0.4, 0.5) is 0 Å². The van der Waals surface area contributed by atoms with Crippen LogP contribution in [0.25, 0.3) is 44.2 Å². The summed E-state index contributed by atoms with van der Waals surface area (Å²) < 4.78 is 6.02. The Labute approximate surface area is 145 Å². The summed E-state index contributed by atoms with van der Waals surface area (Å²) in [7, 11) is 0. The molecular weight excluding hydrogens is 306 g/mol. The second-order valence-corrected chi connectivity index (χ2v) is 6.05. The monoisotopic (exact) mass is 320 g/mol. The number of hydrogen-bond acceptors (Lipinski definition) is 2. The van der Waals surface area contributed by atoms with Gasteiger partial charge >= 0.3 is 0 Å². The molecule has 2 aromatic heterocycles. The second kappa shape index (κ2) is 5.60. The zero-order valence-electron chi connectivity index (χ0n) is 13.4. The lowest BCUT2D eigenvalue weighted by atomic mass is 10.0. The van der Waals surface area contributed by atoms with Crippen LogP contribution in [0.15, 0.2) is 89.6 Å². The maximum atomic E-state index is 6.02. The predicted molar refractivity (Wildman–Crippen MR) is 101 cm³/mol. The predicted octanol–water partition coefficient (Wildman–Crippen LogP) is 6.12. The normalized spacial score (nSPS) is 11.2. The van der Waals surface area contributed by atoms with E-state index in [0.29, 0.717) is 0 Å². The van der Waals surface area contributed by atoms with Crippen LogP contribution >= 0.6 is 0 Å². The van der Waals surface area contributed by atoms with Crippen LogP contribution in [0.5, 0.6) is 0 Å². The molecule has 0 bridgehead atoms. The van der Waals surface area contributed by atoms with Crippen molar-refractivity contribution in [1.29, 1.82) is 0 Å². The minimum atomic E-state index is 0.909. The Balaban J connectivity index is 1.73. The Morgan fingerprint density at radius 3 is 1.76 bits per heavy atom. The molecule has 5 aromatic rings. The van der Waals surface area contributed by atoms with Gasteiger partial charge in [-0.15, -0.1) is 0 Å². The first-order chi connectivity index (χ1) is 12.4. The number of pyridine rings is 1. The molecule has 2 heteroatoms. The number of hydrogen-bond donors (Lipinski definition) is 0. The lowest BCUT2D eigenvalue weighted by Crippen LogP contribution is -1.79. The molecule has 25 heavy (non-hydrogen) atoms. The minimum absolute atomic E-state index is 0.909. The number of furan rings is 1. The van der Waals surface area contributed by atoms with E-state index in [-0.39, 0.29) is 0 Å². The van der Waals surface area contributed by atoms with Crippen molar-refractivity contribution in [3.8, 4) is 22.3 Å². The van der Waals surface area contributed by atoms with Crippen LogP contribution in [-0.2, 0) is 0 Å². The fourth-order valence-electron chi connectivity index (χ4n) is 3.26. The second-order valence-electron chi connectivity index (χ2n) is 6.05. The van der Waals surface area contributed by atoms with E-state index >= 15 is 0 Å². The quantitative estimate of drug-likeness (QED) is 0.392. The van der Waals surface area contributed by atoms with Crippen molar-refractivity contribution in [3.05, 3.63) is 91.3 Å². The highest BCUT2D eigenvalue weighted by Gasteiger charge is 2.10. The van der Waals surface area contributed by atoms with Crippen molar-refractivity contribution < 1.29 is 4.42 Å². The number of fused-ring (bicyclic) bond motifs is 3. The van der Waals surface area contributed by atoms with Crippen molar-refractivity contribution >= 4 is 21.9 Å². The molecule has 2 nitrogen and oxygen atoms in total. The summed E-state index contributed by atoms with van der Waals surface area (Å²) >= 11 is 0. The number of rotatable bonds is 2. The van der Waals surface area contributed by atoms with Gasteiger partial charge in [0.05, 0.1) is 0 Å². The van der Waals surface area contributed by atoms with Crippen molar-refractivity contribution in [2.75, 3.05) is 0 Å². The van der Waals surface area contributed by atoms with Gasteiger partial charge in [-0.05, 0) is 64.7 Å². The van der Waals surface area contributed by atoms with Crippen LogP contribution in [-0.4, -0.2) is 4.98 Å². The SMILES string of the molecule is [c]1ccc(-c2ccc3oc4ccc(-c5ccncc5)cc4c3c2)cc1. The molecule has 117 valence electrons. The zero-order chi connectivity index (χ0) is 16.6. The van der Waals surface area contributed by atoms with Gasteiger partial charge in [-0.2, -0.15) is 0 Å². The Morgan fingerprint density at radius 1 is 0.600 bits per heavy atom. The maximum Gasteiger partial charge on any atom is 0.135 e. The van der Waals surface area contributed by atoms with E-state index in [1.165, 1.54) is 11.1 Å². The molecule has 0 fully saturated rings. The van der Waals surface area contributed by atoms with Gasteiger partial charge in [0.2, 0.25) is 0 Å². The maximum absolute atomic E-state index is 6.02. The Morgan fingerprint density at radius 2 is 1.16 bits per heavy atom. The Hall–Kier alpha value is -3.39.